The van der Waals surface area contributed by atoms with Crippen molar-refractivity contribution in [2.24, 2.45) is 0 Å². The number of aromatic nitrogens is 1. The van der Waals surface area contributed by atoms with Crippen molar-refractivity contribution in [1.29, 1.82) is 0 Å². The van der Waals surface area contributed by atoms with E-state index in [9.17, 15) is 9.59 Å². The molecular weight excluding hydrogens is 328 g/mol. The van der Waals surface area contributed by atoms with Crippen LogP contribution >= 0.6 is 15.9 Å². The van der Waals surface area contributed by atoms with E-state index in [1.807, 2.05) is 0 Å². The maximum Gasteiger partial charge on any atom is 0.303 e. The Morgan fingerprint density at radius 2 is 2.20 bits per heavy atom. The number of carbonyl (C=O) groups is 2. The molecule has 1 aromatic heterocycles. The van der Waals surface area contributed by atoms with E-state index >= 15 is 0 Å². The Hall–Kier alpha value is -1.63. The zero-order valence-corrected chi connectivity index (χ0v) is 13.1. The molecule has 0 saturated heterocycles. The second-order valence-corrected chi connectivity index (χ2v) is 5.80. The number of hydrogen-bond donors (Lipinski definition) is 0. The molecule has 0 aliphatic carbocycles. The van der Waals surface area contributed by atoms with Gasteiger partial charge in [-0.2, -0.15) is 0 Å². The van der Waals surface area contributed by atoms with Crippen molar-refractivity contribution in [1.82, 2.24) is 4.98 Å². The fraction of sp³-hybridized carbons (Fsp3) is 0.462. The Morgan fingerprint density at radius 3 is 2.85 bits per heavy atom. The highest BCUT2D eigenvalue weighted by Crippen LogP contribution is 2.33. The Balaban J connectivity index is 2.33. The number of pyridine rings is 1. The molecule has 108 valence electrons. The van der Waals surface area contributed by atoms with Gasteiger partial charge in [0.2, 0.25) is 5.88 Å². The number of ether oxygens (including phenoxy) is 2. The average molecular weight is 343 g/mol. The number of hydrogen-bond acceptors (Lipinski definition) is 5. The summed E-state index contributed by atoms with van der Waals surface area (Å²) in [6.45, 7) is 5.15. The van der Waals surface area contributed by atoms with Crippen LogP contribution in [0, 0.1) is 0 Å². The molecule has 0 unspecified atom stereocenters. The van der Waals surface area contributed by atoms with Crippen molar-refractivity contribution in [3.63, 3.8) is 0 Å². The predicted molar refractivity (Wildman–Crippen MR) is 75.6 cm³/mol. The van der Waals surface area contributed by atoms with E-state index in [-0.39, 0.29) is 5.91 Å². The number of amides is 1. The highest BCUT2D eigenvalue weighted by Gasteiger charge is 2.38. The first kappa shape index (κ1) is 14.8. The smallest absolute Gasteiger partial charge is 0.303 e. The lowest BCUT2D eigenvalue weighted by atomic mass is 10.1. The zero-order chi connectivity index (χ0) is 14.9. The lowest BCUT2D eigenvalue weighted by molar-refractivity contribution is -0.161. The van der Waals surface area contributed by atoms with E-state index < -0.39 is 11.6 Å². The molecule has 0 bridgehead atoms. The van der Waals surface area contributed by atoms with Crippen LogP contribution in [-0.4, -0.2) is 35.6 Å². The van der Waals surface area contributed by atoms with Gasteiger partial charge in [-0.05, 0) is 35.8 Å². The maximum atomic E-state index is 12.6. The molecule has 0 saturated carbocycles. The molecule has 20 heavy (non-hydrogen) atoms. The van der Waals surface area contributed by atoms with Gasteiger partial charge in [0.05, 0.1) is 6.54 Å². The number of halogens is 1. The zero-order valence-electron chi connectivity index (χ0n) is 11.5. The van der Waals surface area contributed by atoms with Crippen molar-refractivity contribution in [2.75, 3.05) is 18.1 Å². The molecule has 0 N–H and O–H groups in total. The predicted octanol–water partition coefficient (Wildman–Crippen LogP) is 1.91. The van der Waals surface area contributed by atoms with Crippen LogP contribution in [0.4, 0.5) is 5.69 Å². The van der Waals surface area contributed by atoms with Crippen LogP contribution in [0.25, 0.3) is 0 Å². The lowest BCUT2D eigenvalue weighted by Crippen LogP contribution is -2.50. The highest BCUT2D eigenvalue weighted by atomic mass is 79.9. The normalized spacial score (nSPS) is 14.3. The van der Waals surface area contributed by atoms with E-state index in [4.69, 9.17) is 9.47 Å². The molecule has 0 aromatic carbocycles. The maximum absolute atomic E-state index is 12.6. The molecule has 0 fully saturated rings. The molecular formula is C13H15BrN2O4. The van der Waals surface area contributed by atoms with E-state index in [2.05, 4.69) is 20.9 Å². The molecule has 0 radical (unpaired) electrons. The first-order valence-corrected chi connectivity index (χ1v) is 6.90. The molecule has 7 heteroatoms. The van der Waals surface area contributed by atoms with E-state index in [0.29, 0.717) is 24.7 Å². The van der Waals surface area contributed by atoms with Crippen molar-refractivity contribution >= 4 is 33.5 Å². The number of carbonyl (C=O) groups excluding carboxylic acids is 2. The van der Waals surface area contributed by atoms with Crippen molar-refractivity contribution in [3.8, 4) is 5.88 Å². The third kappa shape index (κ3) is 2.92. The summed E-state index contributed by atoms with van der Waals surface area (Å²) in [6, 6.07) is 1.75. The molecule has 0 atom stereocenters. The second-order valence-electron chi connectivity index (χ2n) is 4.89. The summed E-state index contributed by atoms with van der Waals surface area (Å²) in [5, 5.41) is 0. The summed E-state index contributed by atoms with van der Waals surface area (Å²) >= 11 is 3.32. The summed E-state index contributed by atoms with van der Waals surface area (Å²) < 4.78 is 11.3. The average Bonchev–Trinajstić information content (AvgIpc) is 2.35. The van der Waals surface area contributed by atoms with E-state index in [1.54, 1.807) is 26.1 Å². The minimum absolute atomic E-state index is 0.308. The van der Waals surface area contributed by atoms with Crippen molar-refractivity contribution < 1.29 is 19.1 Å². The highest BCUT2D eigenvalue weighted by molar-refractivity contribution is 9.10. The first-order chi connectivity index (χ1) is 9.31. The van der Waals surface area contributed by atoms with Crippen molar-refractivity contribution in [3.05, 3.63) is 16.7 Å². The van der Waals surface area contributed by atoms with Gasteiger partial charge in [-0.25, -0.2) is 4.98 Å². The first-order valence-electron chi connectivity index (χ1n) is 6.11. The summed E-state index contributed by atoms with van der Waals surface area (Å²) in [7, 11) is 0. The number of rotatable bonds is 2. The number of esters is 1. The summed E-state index contributed by atoms with van der Waals surface area (Å²) in [5.74, 6) is -0.409. The summed E-state index contributed by atoms with van der Waals surface area (Å²) in [4.78, 5) is 29.3. The van der Waals surface area contributed by atoms with Gasteiger partial charge < -0.3 is 14.4 Å². The summed E-state index contributed by atoms with van der Waals surface area (Å²) in [6.07, 6.45) is 1.60. The SMILES string of the molecule is CC(=O)OC(C)(C)C(=O)N1CCOc2ncc(Br)cc21. The van der Waals surface area contributed by atoms with E-state index in [1.165, 1.54) is 11.8 Å². The number of nitrogens with zero attached hydrogens (tertiary/aromatic N) is 2. The molecule has 1 amide bonds. The van der Waals surface area contributed by atoms with Crippen LogP contribution in [-0.2, 0) is 14.3 Å². The Labute approximate surface area is 125 Å². The third-order valence-electron chi connectivity index (χ3n) is 2.80. The van der Waals surface area contributed by atoms with Gasteiger partial charge in [-0.3, -0.25) is 9.59 Å². The van der Waals surface area contributed by atoms with Crippen LogP contribution in [0.15, 0.2) is 16.7 Å². The fourth-order valence-corrected chi connectivity index (χ4v) is 2.33. The minimum atomic E-state index is -1.23. The van der Waals surface area contributed by atoms with Gasteiger partial charge in [0.1, 0.15) is 12.3 Å². The second kappa shape index (κ2) is 5.40. The molecule has 2 heterocycles. The number of fused-ring (bicyclic) bond motifs is 1. The Morgan fingerprint density at radius 1 is 1.50 bits per heavy atom. The van der Waals surface area contributed by atoms with Crippen LogP contribution < -0.4 is 9.64 Å². The monoisotopic (exact) mass is 342 g/mol. The Kier molecular flexibility index (Phi) is 3.99. The number of anilines is 1. The van der Waals surface area contributed by atoms with Gasteiger partial charge >= 0.3 is 5.97 Å². The van der Waals surface area contributed by atoms with Crippen molar-refractivity contribution in [2.45, 2.75) is 26.4 Å². The lowest BCUT2D eigenvalue weighted by Gasteiger charge is -2.34. The van der Waals surface area contributed by atoms with E-state index in [0.717, 1.165) is 4.47 Å². The Bertz CT molecular complexity index is 559. The molecule has 0 spiro atoms. The standard InChI is InChI=1S/C13H15BrN2O4/c1-8(17)20-13(2,3)12(18)16-4-5-19-11-10(16)6-9(14)7-15-11/h6-7H,4-5H2,1-3H3. The summed E-state index contributed by atoms with van der Waals surface area (Å²) in [5.41, 5.74) is -0.668. The topological polar surface area (TPSA) is 68.7 Å². The molecule has 1 aliphatic heterocycles. The molecule has 6 nitrogen and oxygen atoms in total. The molecule has 1 aliphatic rings. The third-order valence-corrected chi connectivity index (χ3v) is 3.24. The minimum Gasteiger partial charge on any atom is -0.474 e. The quantitative estimate of drug-likeness (QED) is 0.768. The van der Waals surface area contributed by atoms with Crippen LogP contribution in [0.5, 0.6) is 5.88 Å². The molecule has 1 aromatic rings. The fourth-order valence-electron chi connectivity index (χ4n) is 2.01. The van der Waals surface area contributed by atoms with Gasteiger partial charge in [0.25, 0.3) is 5.91 Å². The van der Waals surface area contributed by atoms with Crippen LogP contribution in [0.2, 0.25) is 0 Å². The molecule has 2 rings (SSSR count). The van der Waals surface area contributed by atoms with Gasteiger partial charge in [0.15, 0.2) is 5.60 Å². The van der Waals surface area contributed by atoms with Crippen LogP contribution in [0.3, 0.4) is 0 Å². The van der Waals surface area contributed by atoms with Crippen LogP contribution in [0.1, 0.15) is 20.8 Å². The van der Waals surface area contributed by atoms with Gasteiger partial charge in [-0.1, -0.05) is 0 Å². The van der Waals surface area contributed by atoms with Gasteiger partial charge in [0, 0.05) is 17.6 Å². The largest absolute Gasteiger partial charge is 0.474 e. The van der Waals surface area contributed by atoms with Gasteiger partial charge in [-0.15, -0.1) is 0 Å².